The Labute approximate surface area is 286 Å². The number of hydrogen-bond acceptors (Lipinski definition) is 5. The fourth-order valence-electron chi connectivity index (χ4n) is 6.99. The molecule has 0 aliphatic heterocycles. The molecule has 0 fully saturated rings. The molecule has 0 aliphatic rings. The van der Waals surface area contributed by atoms with Crippen molar-refractivity contribution in [1.29, 1.82) is 0 Å². The molecule has 7 nitrogen and oxygen atoms in total. The van der Waals surface area contributed by atoms with Crippen LogP contribution in [0, 0.1) is 0 Å². The van der Waals surface area contributed by atoms with Crippen LogP contribution in [0.1, 0.15) is 0 Å². The van der Waals surface area contributed by atoms with E-state index in [1.54, 1.807) is 0 Å². The van der Waals surface area contributed by atoms with Gasteiger partial charge in [0, 0.05) is 33.0 Å². The van der Waals surface area contributed by atoms with Crippen LogP contribution in [0.4, 0.5) is 0 Å². The molecule has 0 spiro atoms. The number of nitrogens with zero attached hydrogens (tertiary/aromatic N) is 7. The zero-order valence-electron chi connectivity index (χ0n) is 26.7. The lowest BCUT2D eigenvalue weighted by Crippen LogP contribution is -2.07. The SMILES string of the molecule is c1ccc(-c2nc(-c3ccccc3)nc(-c3nc(-n4c5ccccc5c5ccccc54)nc4c3c3ccccc3n4-c3ccccc3)n2)cc1. The molecule has 4 aromatic heterocycles. The highest BCUT2D eigenvalue weighted by molar-refractivity contribution is 6.14. The fourth-order valence-corrected chi connectivity index (χ4v) is 6.99. The van der Waals surface area contributed by atoms with Crippen molar-refractivity contribution < 1.29 is 0 Å². The van der Waals surface area contributed by atoms with Gasteiger partial charge in [0.1, 0.15) is 5.69 Å². The van der Waals surface area contributed by atoms with Gasteiger partial charge in [0.05, 0.1) is 21.9 Å². The molecule has 0 amide bonds. The maximum atomic E-state index is 5.43. The molecule has 6 aromatic carbocycles. The van der Waals surface area contributed by atoms with E-state index in [2.05, 4.69) is 106 Å². The maximum absolute atomic E-state index is 5.43. The van der Waals surface area contributed by atoms with Crippen LogP contribution in [0.2, 0.25) is 0 Å². The first kappa shape index (κ1) is 28.1. The van der Waals surface area contributed by atoms with Crippen LogP contribution >= 0.6 is 0 Å². The van der Waals surface area contributed by atoms with E-state index < -0.39 is 0 Å². The Morgan fingerprint density at radius 1 is 0.340 bits per heavy atom. The van der Waals surface area contributed by atoms with Gasteiger partial charge < -0.3 is 0 Å². The van der Waals surface area contributed by atoms with Gasteiger partial charge in [0.2, 0.25) is 5.95 Å². The van der Waals surface area contributed by atoms with E-state index in [-0.39, 0.29) is 0 Å². The van der Waals surface area contributed by atoms with E-state index in [4.69, 9.17) is 24.9 Å². The summed E-state index contributed by atoms with van der Waals surface area (Å²) in [5, 5.41) is 4.15. The first-order chi connectivity index (χ1) is 24.8. The van der Waals surface area contributed by atoms with Gasteiger partial charge >= 0.3 is 0 Å². The zero-order chi connectivity index (χ0) is 33.0. The van der Waals surface area contributed by atoms with Crippen LogP contribution in [0.3, 0.4) is 0 Å². The quantitative estimate of drug-likeness (QED) is 0.187. The summed E-state index contributed by atoms with van der Waals surface area (Å²) in [7, 11) is 0. The van der Waals surface area contributed by atoms with E-state index in [1.165, 1.54) is 0 Å². The van der Waals surface area contributed by atoms with Crippen molar-refractivity contribution in [1.82, 2.24) is 34.1 Å². The summed E-state index contributed by atoms with van der Waals surface area (Å²) in [6, 6.07) is 55.6. The highest BCUT2D eigenvalue weighted by Crippen LogP contribution is 2.39. The summed E-state index contributed by atoms with van der Waals surface area (Å²) in [5.74, 6) is 2.16. The van der Waals surface area contributed by atoms with E-state index in [9.17, 15) is 0 Å². The van der Waals surface area contributed by atoms with Crippen LogP contribution < -0.4 is 0 Å². The average Bonchev–Trinajstić information content (AvgIpc) is 3.71. The summed E-state index contributed by atoms with van der Waals surface area (Å²) < 4.78 is 4.36. The standard InChI is InChI=1S/C43H27N7/c1-4-16-28(17-5-1)39-45-40(29-18-6-2-7-19-29)47-41(46-39)38-37-33-24-12-15-27-36(33)49(30-20-8-3-9-21-30)42(37)48-43(44-38)50-34-25-13-10-22-31(34)32-23-11-14-26-35(32)50/h1-27H. The molecular weight excluding hydrogens is 615 g/mol. The number of hydrogen-bond donors (Lipinski definition) is 0. The van der Waals surface area contributed by atoms with Crippen LogP contribution in [-0.2, 0) is 0 Å². The average molecular weight is 642 g/mol. The number of aromatic nitrogens is 7. The van der Waals surface area contributed by atoms with Crippen molar-refractivity contribution in [3.05, 3.63) is 164 Å². The van der Waals surface area contributed by atoms with Gasteiger partial charge in [-0.15, -0.1) is 0 Å². The highest BCUT2D eigenvalue weighted by atomic mass is 15.2. The minimum Gasteiger partial charge on any atom is -0.294 e. The molecule has 0 aliphatic carbocycles. The van der Waals surface area contributed by atoms with Crippen LogP contribution in [0.15, 0.2) is 164 Å². The Morgan fingerprint density at radius 3 is 1.34 bits per heavy atom. The molecule has 0 N–H and O–H groups in total. The molecule has 4 heterocycles. The zero-order valence-corrected chi connectivity index (χ0v) is 26.7. The summed E-state index contributed by atoms with van der Waals surface area (Å²) in [6.07, 6.45) is 0. The van der Waals surface area contributed by atoms with E-state index in [1.807, 2.05) is 66.7 Å². The second-order valence-electron chi connectivity index (χ2n) is 12.2. The highest BCUT2D eigenvalue weighted by Gasteiger charge is 2.25. The minimum absolute atomic E-state index is 0.475. The Morgan fingerprint density at radius 2 is 0.780 bits per heavy atom. The van der Waals surface area contributed by atoms with Crippen LogP contribution in [0.5, 0.6) is 0 Å². The lowest BCUT2D eigenvalue weighted by atomic mass is 10.1. The van der Waals surface area contributed by atoms with Crippen molar-refractivity contribution in [2.75, 3.05) is 0 Å². The van der Waals surface area contributed by atoms with Gasteiger partial charge in [-0.3, -0.25) is 9.13 Å². The van der Waals surface area contributed by atoms with Gasteiger partial charge in [0.15, 0.2) is 23.1 Å². The van der Waals surface area contributed by atoms with Crippen molar-refractivity contribution in [3.63, 3.8) is 0 Å². The molecule has 0 atom stereocenters. The predicted molar refractivity (Wildman–Crippen MR) is 200 cm³/mol. The normalized spacial score (nSPS) is 11.6. The number of para-hydroxylation sites is 4. The molecule has 0 bridgehead atoms. The van der Waals surface area contributed by atoms with Crippen LogP contribution in [0.25, 0.3) is 89.7 Å². The van der Waals surface area contributed by atoms with Gasteiger partial charge in [0.25, 0.3) is 0 Å². The monoisotopic (exact) mass is 641 g/mol. The molecule has 7 heteroatoms. The first-order valence-corrected chi connectivity index (χ1v) is 16.5. The first-order valence-electron chi connectivity index (χ1n) is 16.5. The predicted octanol–water partition coefficient (Wildman–Crippen LogP) is 9.86. The smallest absolute Gasteiger partial charge is 0.237 e. The molecule has 0 unspecified atom stereocenters. The van der Waals surface area contributed by atoms with Gasteiger partial charge in [-0.2, -0.15) is 4.98 Å². The molecule has 0 saturated carbocycles. The fraction of sp³-hybridized carbons (Fsp3) is 0. The van der Waals surface area contributed by atoms with Gasteiger partial charge in [-0.1, -0.05) is 133 Å². The van der Waals surface area contributed by atoms with Gasteiger partial charge in [-0.05, 0) is 30.3 Å². The number of rotatable bonds is 5. The molecule has 10 rings (SSSR count). The van der Waals surface area contributed by atoms with Gasteiger partial charge in [-0.25, -0.2) is 19.9 Å². The number of fused-ring (bicyclic) bond motifs is 6. The van der Waals surface area contributed by atoms with Crippen molar-refractivity contribution in [2.45, 2.75) is 0 Å². The van der Waals surface area contributed by atoms with E-state index in [0.29, 0.717) is 29.1 Å². The number of benzene rings is 6. The molecule has 10 aromatic rings. The lowest BCUT2D eigenvalue weighted by Gasteiger charge is -2.13. The summed E-state index contributed by atoms with van der Waals surface area (Å²) in [5.41, 5.74) is 7.25. The van der Waals surface area contributed by atoms with E-state index in [0.717, 1.165) is 60.6 Å². The summed E-state index contributed by atoms with van der Waals surface area (Å²) in [4.78, 5) is 26.1. The Bertz CT molecular complexity index is 2750. The molecule has 50 heavy (non-hydrogen) atoms. The third-order valence-electron chi connectivity index (χ3n) is 9.21. The second kappa shape index (κ2) is 11.3. The summed E-state index contributed by atoms with van der Waals surface area (Å²) >= 11 is 0. The Kier molecular flexibility index (Phi) is 6.35. The minimum atomic E-state index is 0.475. The van der Waals surface area contributed by atoms with Crippen molar-refractivity contribution in [2.24, 2.45) is 0 Å². The van der Waals surface area contributed by atoms with Crippen LogP contribution in [-0.4, -0.2) is 34.1 Å². The molecule has 234 valence electrons. The molecule has 0 saturated heterocycles. The third kappa shape index (κ3) is 4.41. The molecule has 0 radical (unpaired) electrons. The van der Waals surface area contributed by atoms with E-state index >= 15 is 0 Å². The van der Waals surface area contributed by atoms with Crippen molar-refractivity contribution in [3.8, 4) is 45.9 Å². The lowest BCUT2D eigenvalue weighted by molar-refractivity contribution is 0.981. The maximum Gasteiger partial charge on any atom is 0.237 e. The Balaban J connectivity index is 1.37. The third-order valence-corrected chi connectivity index (χ3v) is 9.21. The van der Waals surface area contributed by atoms with Crippen molar-refractivity contribution >= 4 is 43.7 Å². The summed E-state index contributed by atoms with van der Waals surface area (Å²) in [6.45, 7) is 0. The Hall–Kier alpha value is -6.99. The molecular formula is C43H27N7. The second-order valence-corrected chi connectivity index (χ2v) is 12.2. The largest absolute Gasteiger partial charge is 0.294 e. The topological polar surface area (TPSA) is 74.3 Å².